The largest absolute Gasteiger partial charge is 0.508 e. The fraction of sp³-hybridized carbons (Fsp3) is 0.521. The van der Waals surface area contributed by atoms with E-state index in [0.717, 1.165) is 155 Å². The van der Waals surface area contributed by atoms with E-state index in [1.165, 1.54) is 53.5 Å². The van der Waals surface area contributed by atoms with E-state index in [-0.39, 0.29) is 52.9 Å². The number of fused-ring (bicyclic) bond motifs is 5. The van der Waals surface area contributed by atoms with Gasteiger partial charge in [-0.05, 0) is 257 Å². The zero-order chi connectivity index (χ0) is 55.0. The molecule has 5 aliphatic heterocycles. The number of carbonyl (C=O) groups is 2. The number of ether oxygens (including phenoxy) is 2. The molecule has 2 saturated heterocycles. The lowest BCUT2D eigenvalue weighted by Gasteiger charge is -2.56. The number of piperidine rings is 1. The molecule has 0 amide bonds. The Morgan fingerprint density at radius 1 is 0.812 bits per heavy atom. The van der Waals surface area contributed by atoms with Crippen molar-refractivity contribution in [2.24, 2.45) is 52.3 Å². The van der Waals surface area contributed by atoms with Gasteiger partial charge in [-0.1, -0.05) is 100 Å². The maximum Gasteiger partial charge on any atom is 0.340 e. The molecule has 422 valence electrons. The van der Waals surface area contributed by atoms with Crippen molar-refractivity contribution in [3.05, 3.63) is 165 Å². The second-order valence-corrected chi connectivity index (χ2v) is 26.0. The Morgan fingerprint density at radius 3 is 2.54 bits per heavy atom. The summed E-state index contributed by atoms with van der Waals surface area (Å²) >= 11 is 0. The number of hydrogen-bond donors (Lipinski definition) is 5. The number of allylic oxidation sites excluding steroid dienone is 5. The van der Waals surface area contributed by atoms with Crippen LogP contribution < -0.4 is 21.3 Å². The molecule has 4 aromatic rings. The van der Waals surface area contributed by atoms with E-state index < -0.39 is 5.41 Å². The Hall–Kier alpha value is -5.58. The van der Waals surface area contributed by atoms with Gasteiger partial charge in [0.15, 0.2) is 0 Å². The van der Waals surface area contributed by atoms with E-state index in [1.807, 2.05) is 12.1 Å². The summed E-state index contributed by atoms with van der Waals surface area (Å²) in [4.78, 5) is 30.5. The summed E-state index contributed by atoms with van der Waals surface area (Å²) in [6.45, 7) is 14.6. The predicted octanol–water partition coefficient (Wildman–Crippen LogP) is 13.6. The zero-order valence-electron chi connectivity index (χ0n) is 48.3. The van der Waals surface area contributed by atoms with E-state index in [1.54, 1.807) is 6.07 Å². The van der Waals surface area contributed by atoms with Crippen molar-refractivity contribution in [3.63, 3.8) is 0 Å². The van der Waals surface area contributed by atoms with Crippen LogP contribution >= 0.6 is 0 Å². The van der Waals surface area contributed by atoms with Crippen LogP contribution in [0.15, 0.2) is 131 Å². The van der Waals surface area contributed by atoms with Crippen LogP contribution in [0.4, 0.5) is 0 Å². The average Bonchev–Trinajstić information content (AvgIpc) is 4.31. The van der Waals surface area contributed by atoms with Gasteiger partial charge in [0.2, 0.25) is 0 Å². The zero-order valence-corrected chi connectivity index (χ0v) is 48.3. The molecule has 10 aliphatic rings. The summed E-state index contributed by atoms with van der Waals surface area (Å²) in [5, 5.41) is 26.8. The molecule has 4 fully saturated rings. The van der Waals surface area contributed by atoms with Gasteiger partial charge in [0, 0.05) is 30.2 Å². The summed E-state index contributed by atoms with van der Waals surface area (Å²) in [6, 6.07) is 32.5. The molecule has 2 saturated carbocycles. The molecule has 80 heavy (non-hydrogen) atoms. The monoisotopic (exact) mass is 1080 g/mol. The smallest absolute Gasteiger partial charge is 0.340 e. The van der Waals surface area contributed by atoms with Gasteiger partial charge in [-0.25, -0.2) is 9.59 Å². The van der Waals surface area contributed by atoms with Gasteiger partial charge in [-0.15, -0.1) is 0 Å². The van der Waals surface area contributed by atoms with Crippen LogP contribution in [0.3, 0.4) is 0 Å². The first kappa shape index (κ1) is 55.0. The molecule has 9 unspecified atom stereocenters. The van der Waals surface area contributed by atoms with Crippen molar-refractivity contribution < 1.29 is 24.2 Å². The van der Waals surface area contributed by atoms with Crippen LogP contribution in [-0.2, 0) is 51.4 Å². The van der Waals surface area contributed by atoms with Crippen LogP contribution in [0.2, 0.25) is 0 Å². The fourth-order valence-electron chi connectivity index (χ4n) is 16.8. The summed E-state index contributed by atoms with van der Waals surface area (Å²) < 4.78 is 13.5. The van der Waals surface area contributed by atoms with Gasteiger partial charge < -0.3 is 35.8 Å². The van der Waals surface area contributed by atoms with Crippen LogP contribution in [0, 0.1) is 52.3 Å². The number of phenols is 1. The number of hydrogen-bond acceptors (Lipinski definition) is 9. The van der Waals surface area contributed by atoms with E-state index in [2.05, 4.69) is 134 Å². The predicted molar refractivity (Wildman–Crippen MR) is 320 cm³/mol. The van der Waals surface area contributed by atoms with Crippen LogP contribution in [0.5, 0.6) is 5.75 Å². The molecule has 0 aromatic heterocycles. The lowest BCUT2D eigenvalue weighted by atomic mass is 9.44. The Bertz CT molecular complexity index is 3080. The highest BCUT2D eigenvalue weighted by Crippen LogP contribution is 2.72. The van der Waals surface area contributed by atoms with Crippen molar-refractivity contribution in [1.29, 1.82) is 0 Å². The molecule has 0 radical (unpaired) electrons. The van der Waals surface area contributed by atoms with Crippen LogP contribution in [-0.4, -0.2) is 49.4 Å². The highest BCUT2D eigenvalue weighted by molar-refractivity contribution is 6.07. The van der Waals surface area contributed by atoms with Crippen molar-refractivity contribution in [2.75, 3.05) is 26.2 Å². The minimum absolute atomic E-state index is 0.0174. The van der Waals surface area contributed by atoms with Crippen LogP contribution in [0.25, 0.3) is 16.7 Å². The number of rotatable bonds is 14. The van der Waals surface area contributed by atoms with Crippen molar-refractivity contribution in [2.45, 2.75) is 156 Å². The van der Waals surface area contributed by atoms with Crippen molar-refractivity contribution in [1.82, 2.24) is 21.3 Å². The number of benzene rings is 4. The molecule has 5 N–H and O–H groups in total. The quantitative estimate of drug-likeness (QED) is 0.0621. The highest BCUT2D eigenvalue weighted by Gasteiger charge is 2.68. The number of aromatic hydroxyl groups is 1. The summed E-state index contributed by atoms with van der Waals surface area (Å²) in [7, 11) is 0. The molecule has 1 spiro atoms. The maximum absolute atomic E-state index is 15.3. The van der Waals surface area contributed by atoms with Crippen molar-refractivity contribution >= 4 is 17.5 Å². The minimum atomic E-state index is -0.860. The molecular weight excluding hydrogens is 989 g/mol. The third kappa shape index (κ3) is 10.9. The molecular formula is C71H88N4O5. The van der Waals surface area contributed by atoms with E-state index in [4.69, 9.17) is 9.47 Å². The first-order chi connectivity index (χ1) is 39.0. The molecule has 9 atom stereocenters. The third-order valence-corrected chi connectivity index (χ3v) is 20.5. The second kappa shape index (κ2) is 23.7. The van der Waals surface area contributed by atoms with Gasteiger partial charge in [0.25, 0.3) is 0 Å². The number of esters is 2. The molecule has 14 bridgehead atoms. The molecule has 5 heterocycles. The Balaban J connectivity index is 0.984. The van der Waals surface area contributed by atoms with Gasteiger partial charge in [0.05, 0.1) is 17.2 Å². The Kier molecular flexibility index (Phi) is 16.3. The summed E-state index contributed by atoms with van der Waals surface area (Å²) in [5.74, 6) is 2.78. The molecule has 14 rings (SSSR count). The van der Waals surface area contributed by atoms with Gasteiger partial charge in [-0.2, -0.15) is 0 Å². The minimum Gasteiger partial charge on any atom is -0.508 e. The third-order valence-electron chi connectivity index (χ3n) is 20.5. The number of phenolic OH excluding ortho intramolecular Hbond substituents is 1. The maximum atomic E-state index is 15.3. The van der Waals surface area contributed by atoms with E-state index in [9.17, 15) is 5.11 Å². The average molecular weight is 1080 g/mol. The van der Waals surface area contributed by atoms with E-state index >= 15 is 9.59 Å². The molecule has 9 heteroatoms. The lowest BCUT2D eigenvalue weighted by molar-refractivity contribution is -0.135. The van der Waals surface area contributed by atoms with Gasteiger partial charge in [0.1, 0.15) is 17.3 Å². The second-order valence-electron chi connectivity index (χ2n) is 26.0. The summed E-state index contributed by atoms with van der Waals surface area (Å²) in [6.07, 6.45) is 22.0. The SMILES string of the molecule is CCCNCc1cc2cc(c1)CC1CCC(C3CCNC(NCCCC(C)C)C3)(CC=C3OC(=O)C4=C3CCC3C5CCC6(C(=CC(CC)Cc7ccccc7)OC(=O)C6=C5c5cc(O)ccc5-c5cccc(c5)CNCC2)C43)C1. The van der Waals surface area contributed by atoms with Crippen molar-refractivity contribution in [3.8, 4) is 16.9 Å². The molecule has 5 aliphatic carbocycles. The first-order valence-corrected chi connectivity index (χ1v) is 31.3. The normalized spacial score (nSPS) is 29.1. The van der Waals surface area contributed by atoms with Gasteiger partial charge in [-0.3, -0.25) is 0 Å². The topological polar surface area (TPSA) is 121 Å². The van der Waals surface area contributed by atoms with E-state index in [0.29, 0.717) is 35.5 Å². The summed E-state index contributed by atoms with van der Waals surface area (Å²) in [5.41, 5.74) is 12.3. The standard InChI is InChI=1S/C71H88N4O5/c1-5-29-72-44-52-35-48-24-31-73-43-50-15-10-16-53(38-50)56-18-17-55(76)41-60(56)64-57-22-28-71(62(80-69(78)67(64)71)39-46(6-2)33-47-13-8-7-9-14-47)66-58(57)19-20-59-61(79-68(77)65(59)66)23-27-70(26-21-49(42-70)36-51(34-48)37-52)54-25-32-75-63(40-54)74-30-11-12-45(3)4/h7-10,13-18,23,34-35,37-39,41,45-46,49,54,57-58,63,66,72-76H,5-6,11-12,19-22,24-33,36,40,42-44H2,1-4H3. The highest BCUT2D eigenvalue weighted by atomic mass is 16.5. The molecule has 9 nitrogen and oxygen atoms in total. The Labute approximate surface area is 476 Å². The lowest BCUT2D eigenvalue weighted by Crippen LogP contribution is -2.52. The van der Waals surface area contributed by atoms with Gasteiger partial charge >= 0.3 is 11.9 Å². The first-order valence-electron chi connectivity index (χ1n) is 31.3. The van der Waals surface area contributed by atoms with Crippen LogP contribution in [0.1, 0.15) is 151 Å². The fourth-order valence-corrected chi connectivity index (χ4v) is 16.8. The number of cyclic esters (lactones) is 1. The number of carbonyl (C=O) groups excluding carboxylic acids is 2. The number of nitrogens with one attached hydrogen (secondary N) is 4. The Morgan fingerprint density at radius 2 is 1.69 bits per heavy atom. The molecule has 4 aromatic carbocycles.